The molecule has 0 amide bonds. The minimum atomic E-state index is -3.69. The molecule has 0 aliphatic carbocycles. The lowest BCUT2D eigenvalue weighted by Crippen LogP contribution is -2.26. The average Bonchev–Trinajstić information content (AvgIpc) is 3.11. The zero-order chi connectivity index (χ0) is 18.7. The van der Waals surface area contributed by atoms with Crippen molar-refractivity contribution in [3.05, 3.63) is 72.1 Å². The molecule has 3 rings (SSSR count). The number of rotatable bonds is 6. The normalized spacial score (nSPS) is 11.7. The molecule has 0 radical (unpaired) electrons. The maximum absolute atomic E-state index is 12.7. The molecule has 0 saturated heterocycles. The fraction of sp³-hybridized carbons (Fsp3) is 0.158. The van der Waals surface area contributed by atoms with E-state index in [1.54, 1.807) is 0 Å². The molecule has 2 aromatic carbocycles. The zero-order valence-corrected chi connectivity index (χ0v) is 15.2. The molecule has 0 fully saturated rings. The van der Waals surface area contributed by atoms with Gasteiger partial charge in [-0.1, -0.05) is 30.3 Å². The standard InChI is InChI=1S/C19H18N2O4S/c1-14(22)15-8-10-18(11-9-15)26(23,24)21(2)12-17-13-25-19(20-17)16-6-4-3-5-7-16/h3-11,13H,12H2,1-2H3. The highest BCUT2D eigenvalue weighted by Crippen LogP contribution is 2.21. The molecule has 3 aromatic rings. The second-order valence-corrected chi connectivity index (χ2v) is 7.90. The van der Waals surface area contributed by atoms with Crippen molar-refractivity contribution >= 4 is 15.8 Å². The summed E-state index contributed by atoms with van der Waals surface area (Å²) in [7, 11) is -2.22. The van der Waals surface area contributed by atoms with Crippen LogP contribution in [0.2, 0.25) is 0 Å². The quantitative estimate of drug-likeness (QED) is 0.622. The van der Waals surface area contributed by atoms with E-state index in [0.717, 1.165) is 5.56 Å². The third-order valence-electron chi connectivity index (χ3n) is 3.93. The summed E-state index contributed by atoms with van der Waals surface area (Å²) in [5.74, 6) is 0.329. The number of carbonyl (C=O) groups excluding carboxylic acids is 1. The van der Waals surface area contributed by atoms with Crippen molar-refractivity contribution in [2.75, 3.05) is 7.05 Å². The smallest absolute Gasteiger partial charge is 0.243 e. The number of nitrogens with zero attached hydrogens (tertiary/aromatic N) is 2. The van der Waals surface area contributed by atoms with Crippen molar-refractivity contribution < 1.29 is 17.6 Å². The van der Waals surface area contributed by atoms with E-state index in [2.05, 4.69) is 4.98 Å². The second-order valence-electron chi connectivity index (χ2n) is 5.85. The maximum atomic E-state index is 12.7. The van der Waals surface area contributed by atoms with E-state index in [4.69, 9.17) is 4.42 Å². The maximum Gasteiger partial charge on any atom is 0.243 e. The summed E-state index contributed by atoms with van der Waals surface area (Å²) in [6.07, 6.45) is 1.45. The third kappa shape index (κ3) is 3.74. The van der Waals surface area contributed by atoms with E-state index < -0.39 is 10.0 Å². The van der Waals surface area contributed by atoms with Crippen LogP contribution in [0.15, 0.2) is 70.2 Å². The van der Waals surface area contributed by atoms with Gasteiger partial charge < -0.3 is 4.42 Å². The number of hydrogen-bond acceptors (Lipinski definition) is 5. The van der Waals surface area contributed by atoms with E-state index in [1.807, 2.05) is 30.3 Å². The molecular formula is C19H18N2O4S. The molecule has 0 unspecified atom stereocenters. The van der Waals surface area contributed by atoms with E-state index in [1.165, 1.54) is 48.8 Å². The summed E-state index contributed by atoms with van der Waals surface area (Å²) in [5.41, 5.74) is 1.80. The van der Waals surface area contributed by atoms with Crippen LogP contribution >= 0.6 is 0 Å². The van der Waals surface area contributed by atoms with Crippen molar-refractivity contribution in [1.29, 1.82) is 0 Å². The summed E-state index contributed by atoms with van der Waals surface area (Å²) < 4.78 is 32.0. The number of hydrogen-bond donors (Lipinski definition) is 0. The van der Waals surface area contributed by atoms with Crippen molar-refractivity contribution in [1.82, 2.24) is 9.29 Å². The number of ketones is 1. The topological polar surface area (TPSA) is 80.5 Å². The first-order valence-electron chi connectivity index (χ1n) is 7.95. The predicted molar refractivity (Wildman–Crippen MR) is 97.0 cm³/mol. The van der Waals surface area contributed by atoms with E-state index >= 15 is 0 Å². The molecule has 0 aliphatic heterocycles. The molecule has 6 nitrogen and oxygen atoms in total. The lowest BCUT2D eigenvalue weighted by Gasteiger charge is -2.15. The van der Waals surface area contributed by atoms with Crippen LogP contribution in [-0.4, -0.2) is 30.5 Å². The van der Waals surface area contributed by atoms with Crippen LogP contribution in [0.4, 0.5) is 0 Å². The van der Waals surface area contributed by atoms with Gasteiger partial charge >= 0.3 is 0 Å². The molecule has 134 valence electrons. The molecule has 0 saturated carbocycles. The summed E-state index contributed by atoms with van der Waals surface area (Å²) in [6.45, 7) is 1.51. The molecular weight excluding hydrogens is 352 g/mol. The SMILES string of the molecule is CC(=O)c1ccc(S(=O)(=O)N(C)Cc2coc(-c3ccccc3)n2)cc1. The average molecular weight is 370 g/mol. The van der Waals surface area contributed by atoms with E-state index in [-0.39, 0.29) is 17.2 Å². The van der Waals surface area contributed by atoms with Crippen molar-refractivity contribution in [2.24, 2.45) is 0 Å². The minimum absolute atomic E-state index is 0.0765. The first-order chi connectivity index (χ1) is 12.4. The number of sulfonamides is 1. The van der Waals surface area contributed by atoms with Gasteiger partial charge in [-0.05, 0) is 31.2 Å². The molecule has 0 atom stereocenters. The fourth-order valence-electron chi connectivity index (χ4n) is 2.45. The molecule has 0 spiro atoms. The van der Waals surface area contributed by atoms with Gasteiger partial charge in [0.2, 0.25) is 15.9 Å². The monoisotopic (exact) mass is 370 g/mol. The van der Waals surface area contributed by atoms with Gasteiger partial charge in [-0.2, -0.15) is 4.31 Å². The van der Waals surface area contributed by atoms with Crippen molar-refractivity contribution in [2.45, 2.75) is 18.4 Å². The summed E-state index contributed by atoms with van der Waals surface area (Å²) in [5, 5.41) is 0. The van der Waals surface area contributed by atoms with Crippen LogP contribution in [-0.2, 0) is 16.6 Å². The Bertz CT molecular complexity index is 1010. The molecule has 0 bridgehead atoms. The lowest BCUT2D eigenvalue weighted by molar-refractivity contribution is 0.101. The van der Waals surface area contributed by atoms with Gasteiger partial charge in [0.1, 0.15) is 6.26 Å². The van der Waals surface area contributed by atoms with Gasteiger partial charge in [0.15, 0.2) is 5.78 Å². The highest BCUT2D eigenvalue weighted by atomic mass is 32.2. The van der Waals surface area contributed by atoms with Crippen LogP contribution in [0.25, 0.3) is 11.5 Å². The first kappa shape index (κ1) is 18.0. The van der Waals surface area contributed by atoms with E-state index in [0.29, 0.717) is 17.1 Å². The summed E-state index contributed by atoms with van der Waals surface area (Å²) in [6, 6.07) is 15.3. The Labute approximate surface area is 152 Å². The third-order valence-corrected chi connectivity index (χ3v) is 5.74. The number of Topliss-reactive ketones (excluding diaryl/α,β-unsaturated/α-hetero) is 1. The van der Waals surface area contributed by atoms with Gasteiger partial charge in [0.05, 0.1) is 17.1 Å². The Morgan fingerprint density at radius 2 is 1.73 bits per heavy atom. The Kier molecular flexibility index (Phi) is 5.01. The number of benzene rings is 2. The fourth-order valence-corrected chi connectivity index (χ4v) is 3.59. The number of oxazole rings is 1. The molecule has 7 heteroatoms. The van der Waals surface area contributed by atoms with Gasteiger partial charge in [-0.15, -0.1) is 0 Å². The largest absolute Gasteiger partial charge is 0.444 e. The van der Waals surface area contributed by atoms with Gasteiger partial charge in [0, 0.05) is 18.2 Å². The van der Waals surface area contributed by atoms with Crippen LogP contribution in [0.1, 0.15) is 23.0 Å². The molecule has 1 heterocycles. The Balaban J connectivity index is 1.77. The highest BCUT2D eigenvalue weighted by Gasteiger charge is 2.22. The van der Waals surface area contributed by atoms with Crippen molar-refractivity contribution in [3.63, 3.8) is 0 Å². The summed E-state index contributed by atoms with van der Waals surface area (Å²) >= 11 is 0. The first-order valence-corrected chi connectivity index (χ1v) is 9.39. The van der Waals surface area contributed by atoms with E-state index in [9.17, 15) is 13.2 Å². The van der Waals surface area contributed by atoms with Crippen LogP contribution in [0, 0.1) is 0 Å². The number of carbonyl (C=O) groups is 1. The minimum Gasteiger partial charge on any atom is -0.444 e. The van der Waals surface area contributed by atoms with Gasteiger partial charge in [0.25, 0.3) is 0 Å². The molecule has 1 aromatic heterocycles. The summed E-state index contributed by atoms with van der Waals surface area (Å²) in [4.78, 5) is 15.8. The lowest BCUT2D eigenvalue weighted by atomic mass is 10.2. The van der Waals surface area contributed by atoms with Crippen LogP contribution in [0.3, 0.4) is 0 Å². The molecule has 0 N–H and O–H groups in total. The Morgan fingerprint density at radius 1 is 1.08 bits per heavy atom. The Hall–Kier alpha value is -2.77. The molecule has 26 heavy (non-hydrogen) atoms. The molecule has 0 aliphatic rings. The second kappa shape index (κ2) is 7.23. The van der Waals surface area contributed by atoms with Crippen LogP contribution < -0.4 is 0 Å². The van der Waals surface area contributed by atoms with Gasteiger partial charge in [-0.3, -0.25) is 4.79 Å². The van der Waals surface area contributed by atoms with Crippen molar-refractivity contribution in [3.8, 4) is 11.5 Å². The predicted octanol–water partition coefficient (Wildman–Crippen LogP) is 3.36. The van der Waals surface area contributed by atoms with Gasteiger partial charge in [-0.25, -0.2) is 13.4 Å². The zero-order valence-electron chi connectivity index (χ0n) is 14.4. The van der Waals surface area contributed by atoms with Crippen LogP contribution in [0.5, 0.6) is 0 Å². The number of aromatic nitrogens is 1. The Morgan fingerprint density at radius 3 is 2.35 bits per heavy atom. The highest BCUT2D eigenvalue weighted by molar-refractivity contribution is 7.89.